The number of thiocarbonyl (C=S) groups is 1. The van der Waals surface area contributed by atoms with Crippen LogP contribution < -0.4 is 10.7 Å². The number of benzene rings is 2. The standard InChI is InChI=1S/C19H21N3O2S/c1-14(8-9-15-6-4-3-5-7-15)21-22-19(25)20-17-12-10-16(11-13-17)18(23)24-2/h3-7,10-13H,8-9H2,1-2H3,(H2,20,22,25). The van der Waals surface area contributed by atoms with E-state index in [-0.39, 0.29) is 5.97 Å². The predicted molar refractivity (Wildman–Crippen MR) is 105 cm³/mol. The maximum absolute atomic E-state index is 11.4. The van der Waals surface area contributed by atoms with E-state index in [0.29, 0.717) is 10.7 Å². The quantitative estimate of drug-likeness (QED) is 0.357. The van der Waals surface area contributed by atoms with Gasteiger partial charge in [0.25, 0.3) is 0 Å². The second-order valence-electron chi connectivity index (χ2n) is 5.47. The van der Waals surface area contributed by atoms with Gasteiger partial charge in [0, 0.05) is 11.4 Å². The summed E-state index contributed by atoms with van der Waals surface area (Å²) in [6.45, 7) is 1.96. The number of esters is 1. The number of hydrogen-bond acceptors (Lipinski definition) is 4. The van der Waals surface area contributed by atoms with Crippen LogP contribution in [0.15, 0.2) is 59.7 Å². The Morgan fingerprint density at radius 3 is 2.44 bits per heavy atom. The van der Waals surface area contributed by atoms with Crippen LogP contribution in [0, 0.1) is 0 Å². The van der Waals surface area contributed by atoms with Crippen molar-refractivity contribution in [2.75, 3.05) is 12.4 Å². The number of carbonyl (C=O) groups is 1. The molecule has 6 heteroatoms. The molecule has 2 rings (SSSR count). The molecule has 0 aliphatic rings. The van der Waals surface area contributed by atoms with Crippen molar-refractivity contribution in [3.63, 3.8) is 0 Å². The average Bonchev–Trinajstić information content (AvgIpc) is 2.65. The number of nitrogens with one attached hydrogen (secondary N) is 2. The van der Waals surface area contributed by atoms with Crippen molar-refractivity contribution in [3.8, 4) is 0 Å². The van der Waals surface area contributed by atoms with Crippen molar-refractivity contribution in [2.24, 2.45) is 5.10 Å². The number of hydrazone groups is 1. The fraction of sp³-hybridized carbons (Fsp3) is 0.211. The highest BCUT2D eigenvalue weighted by atomic mass is 32.1. The second kappa shape index (κ2) is 9.54. The number of nitrogens with zero attached hydrogens (tertiary/aromatic N) is 1. The van der Waals surface area contributed by atoms with Crippen LogP contribution in [0.1, 0.15) is 29.3 Å². The Kier molecular flexibility index (Phi) is 7.10. The van der Waals surface area contributed by atoms with Crippen LogP contribution in [-0.4, -0.2) is 23.9 Å². The lowest BCUT2D eigenvalue weighted by Crippen LogP contribution is -2.24. The molecule has 0 bridgehead atoms. The fourth-order valence-corrected chi connectivity index (χ4v) is 2.30. The van der Waals surface area contributed by atoms with E-state index in [2.05, 4.69) is 32.7 Å². The zero-order chi connectivity index (χ0) is 18.1. The molecule has 0 heterocycles. The molecule has 0 amide bonds. The molecule has 2 aromatic rings. The molecule has 0 aliphatic carbocycles. The maximum atomic E-state index is 11.4. The molecule has 0 atom stereocenters. The van der Waals surface area contributed by atoms with Crippen LogP contribution in [0.3, 0.4) is 0 Å². The molecule has 25 heavy (non-hydrogen) atoms. The SMILES string of the molecule is COC(=O)c1ccc(NC(=S)NN=C(C)CCc2ccccc2)cc1. The number of rotatable bonds is 6. The van der Waals surface area contributed by atoms with Gasteiger partial charge in [0.05, 0.1) is 12.7 Å². The van der Waals surface area contributed by atoms with Gasteiger partial charge in [0.15, 0.2) is 5.11 Å². The molecule has 0 spiro atoms. The van der Waals surface area contributed by atoms with Crippen LogP contribution in [0.5, 0.6) is 0 Å². The van der Waals surface area contributed by atoms with E-state index < -0.39 is 0 Å². The minimum atomic E-state index is -0.370. The van der Waals surface area contributed by atoms with E-state index in [0.717, 1.165) is 24.2 Å². The third-order valence-corrected chi connectivity index (χ3v) is 3.72. The minimum absolute atomic E-state index is 0.370. The zero-order valence-corrected chi connectivity index (χ0v) is 15.1. The summed E-state index contributed by atoms with van der Waals surface area (Å²) in [5.41, 5.74) is 6.33. The summed E-state index contributed by atoms with van der Waals surface area (Å²) < 4.78 is 4.66. The van der Waals surface area contributed by atoms with Gasteiger partial charge in [-0.3, -0.25) is 5.43 Å². The summed E-state index contributed by atoms with van der Waals surface area (Å²) in [4.78, 5) is 11.4. The molecule has 0 aromatic heterocycles. The van der Waals surface area contributed by atoms with Crippen molar-refractivity contribution >= 4 is 34.7 Å². The van der Waals surface area contributed by atoms with Crippen molar-refractivity contribution in [1.82, 2.24) is 5.43 Å². The van der Waals surface area contributed by atoms with E-state index in [1.807, 2.05) is 25.1 Å². The number of carbonyl (C=O) groups excluding carboxylic acids is 1. The first kappa shape index (κ1) is 18.6. The molecule has 2 N–H and O–H groups in total. The average molecular weight is 355 g/mol. The lowest BCUT2D eigenvalue weighted by Gasteiger charge is -2.08. The number of ether oxygens (including phenoxy) is 1. The molecule has 0 fully saturated rings. The van der Waals surface area contributed by atoms with Crippen LogP contribution >= 0.6 is 12.2 Å². The van der Waals surface area contributed by atoms with Gasteiger partial charge in [-0.1, -0.05) is 30.3 Å². The lowest BCUT2D eigenvalue weighted by molar-refractivity contribution is 0.0601. The van der Waals surface area contributed by atoms with E-state index in [1.54, 1.807) is 24.3 Å². The molecule has 5 nitrogen and oxygen atoms in total. The van der Waals surface area contributed by atoms with Crippen molar-refractivity contribution in [3.05, 3.63) is 65.7 Å². The first-order valence-electron chi connectivity index (χ1n) is 7.91. The number of methoxy groups -OCH3 is 1. The third kappa shape index (κ3) is 6.35. The second-order valence-corrected chi connectivity index (χ2v) is 5.88. The Morgan fingerprint density at radius 2 is 1.80 bits per heavy atom. The van der Waals surface area contributed by atoms with E-state index in [9.17, 15) is 4.79 Å². The van der Waals surface area contributed by atoms with Crippen LogP contribution in [0.4, 0.5) is 5.69 Å². The van der Waals surface area contributed by atoms with Gasteiger partial charge in [-0.05, 0) is 61.8 Å². The summed E-state index contributed by atoms with van der Waals surface area (Å²) in [6, 6.07) is 17.1. The van der Waals surface area contributed by atoms with Gasteiger partial charge in [-0.25, -0.2) is 4.79 Å². The van der Waals surface area contributed by atoms with Crippen LogP contribution in [0.25, 0.3) is 0 Å². The lowest BCUT2D eigenvalue weighted by atomic mass is 10.1. The predicted octanol–water partition coefficient (Wildman–Crippen LogP) is 3.77. The van der Waals surface area contributed by atoms with Gasteiger partial charge >= 0.3 is 5.97 Å². The Bertz CT molecular complexity index is 743. The Balaban J connectivity index is 1.80. The highest BCUT2D eigenvalue weighted by molar-refractivity contribution is 7.80. The van der Waals surface area contributed by atoms with E-state index in [1.165, 1.54) is 12.7 Å². The molecular weight excluding hydrogens is 334 g/mol. The smallest absolute Gasteiger partial charge is 0.337 e. The molecule has 0 radical (unpaired) electrons. The molecular formula is C19H21N3O2S. The van der Waals surface area contributed by atoms with Crippen LogP contribution in [-0.2, 0) is 11.2 Å². The molecule has 0 unspecified atom stereocenters. The van der Waals surface area contributed by atoms with Crippen LogP contribution in [0.2, 0.25) is 0 Å². The molecule has 130 valence electrons. The fourth-order valence-electron chi connectivity index (χ4n) is 2.14. The van der Waals surface area contributed by atoms with Crippen molar-refractivity contribution in [1.29, 1.82) is 0 Å². The molecule has 0 saturated carbocycles. The van der Waals surface area contributed by atoms with Crippen molar-refractivity contribution in [2.45, 2.75) is 19.8 Å². The summed E-state index contributed by atoms with van der Waals surface area (Å²) in [7, 11) is 1.35. The van der Waals surface area contributed by atoms with Gasteiger partial charge in [0.1, 0.15) is 0 Å². The topological polar surface area (TPSA) is 62.7 Å². The minimum Gasteiger partial charge on any atom is -0.465 e. The molecule has 0 saturated heterocycles. The normalized spacial score (nSPS) is 10.9. The number of hydrogen-bond donors (Lipinski definition) is 2. The summed E-state index contributed by atoms with van der Waals surface area (Å²) >= 11 is 5.22. The molecule has 0 aliphatic heterocycles. The Labute approximate surface area is 153 Å². The Hall–Kier alpha value is -2.73. The third-order valence-electron chi connectivity index (χ3n) is 3.53. The number of anilines is 1. The van der Waals surface area contributed by atoms with E-state index >= 15 is 0 Å². The monoisotopic (exact) mass is 355 g/mol. The maximum Gasteiger partial charge on any atom is 0.337 e. The Morgan fingerprint density at radius 1 is 1.12 bits per heavy atom. The first-order chi connectivity index (χ1) is 12.1. The molecule has 2 aromatic carbocycles. The summed E-state index contributed by atoms with van der Waals surface area (Å²) in [5.74, 6) is -0.370. The largest absolute Gasteiger partial charge is 0.465 e. The summed E-state index contributed by atoms with van der Waals surface area (Å²) in [5, 5.41) is 7.69. The summed E-state index contributed by atoms with van der Waals surface area (Å²) in [6.07, 6.45) is 1.79. The zero-order valence-electron chi connectivity index (χ0n) is 14.3. The van der Waals surface area contributed by atoms with Gasteiger partial charge in [-0.15, -0.1) is 0 Å². The van der Waals surface area contributed by atoms with Gasteiger partial charge < -0.3 is 10.1 Å². The highest BCUT2D eigenvalue weighted by Crippen LogP contribution is 2.10. The van der Waals surface area contributed by atoms with Crippen molar-refractivity contribution < 1.29 is 9.53 Å². The highest BCUT2D eigenvalue weighted by Gasteiger charge is 2.04. The van der Waals surface area contributed by atoms with Gasteiger partial charge in [-0.2, -0.15) is 5.10 Å². The van der Waals surface area contributed by atoms with Gasteiger partial charge in [0.2, 0.25) is 0 Å². The van der Waals surface area contributed by atoms with E-state index in [4.69, 9.17) is 12.2 Å². The first-order valence-corrected chi connectivity index (χ1v) is 8.32. The number of aryl methyl sites for hydroxylation is 1.